The number of nitrogens with zero attached hydrogens (tertiary/aromatic N) is 2. The first kappa shape index (κ1) is 16.9. The maximum Gasteiger partial charge on any atom is 0.231 e. The third-order valence-electron chi connectivity index (χ3n) is 4.72. The molecule has 132 valence electrons. The van der Waals surface area contributed by atoms with E-state index < -0.39 is 0 Å². The molecular weight excluding hydrogens is 304 g/mol. The first-order valence-electron chi connectivity index (χ1n) is 8.75. The number of ether oxygens (including phenoxy) is 2. The molecule has 2 aliphatic rings. The molecule has 2 heterocycles. The van der Waals surface area contributed by atoms with Gasteiger partial charge in [0.1, 0.15) is 0 Å². The third-order valence-corrected chi connectivity index (χ3v) is 4.72. The van der Waals surface area contributed by atoms with Crippen LogP contribution in [0, 0.1) is 0 Å². The minimum absolute atomic E-state index is 0.310. The van der Waals surface area contributed by atoms with Crippen LogP contribution < -0.4 is 20.1 Å². The lowest BCUT2D eigenvalue weighted by atomic mass is 10.0. The normalized spacial score (nSPS) is 18.9. The van der Waals surface area contributed by atoms with Gasteiger partial charge in [0, 0.05) is 38.8 Å². The van der Waals surface area contributed by atoms with E-state index in [4.69, 9.17) is 9.47 Å². The van der Waals surface area contributed by atoms with E-state index in [1.807, 2.05) is 19.2 Å². The van der Waals surface area contributed by atoms with E-state index in [-0.39, 0.29) is 0 Å². The molecule has 1 fully saturated rings. The van der Waals surface area contributed by atoms with Crippen molar-refractivity contribution in [3.63, 3.8) is 0 Å². The van der Waals surface area contributed by atoms with Crippen LogP contribution in [-0.4, -0.2) is 49.9 Å². The number of likely N-dealkylation sites (tertiary alicyclic amines) is 1. The van der Waals surface area contributed by atoms with Crippen molar-refractivity contribution in [2.24, 2.45) is 4.99 Å². The zero-order valence-electron chi connectivity index (χ0n) is 14.8. The Labute approximate surface area is 144 Å². The summed E-state index contributed by atoms with van der Waals surface area (Å²) in [5, 5.41) is 6.93. The SMILES string of the molecule is CN=C(NCc1ccc2c(c1)OCO2)NC1CCN(C(C)C)CC1. The van der Waals surface area contributed by atoms with Gasteiger partial charge in [-0.3, -0.25) is 4.99 Å². The molecule has 0 saturated carbocycles. The van der Waals surface area contributed by atoms with Crippen LogP contribution in [0.15, 0.2) is 23.2 Å². The molecule has 24 heavy (non-hydrogen) atoms. The number of guanidine groups is 1. The molecule has 1 aromatic carbocycles. The molecule has 2 aliphatic heterocycles. The van der Waals surface area contributed by atoms with E-state index in [1.54, 1.807) is 0 Å². The van der Waals surface area contributed by atoms with Crippen molar-refractivity contribution in [3.05, 3.63) is 23.8 Å². The van der Waals surface area contributed by atoms with Crippen LogP contribution in [0.2, 0.25) is 0 Å². The summed E-state index contributed by atoms with van der Waals surface area (Å²) in [6.45, 7) is 7.84. The minimum Gasteiger partial charge on any atom is -0.454 e. The summed E-state index contributed by atoms with van der Waals surface area (Å²) in [5.74, 6) is 2.49. The molecule has 0 unspecified atom stereocenters. The summed E-state index contributed by atoms with van der Waals surface area (Å²) in [6, 6.07) is 7.15. The number of nitrogens with one attached hydrogen (secondary N) is 2. The second kappa shape index (κ2) is 7.75. The average Bonchev–Trinajstić information content (AvgIpc) is 3.06. The molecule has 0 aromatic heterocycles. The maximum absolute atomic E-state index is 5.42. The van der Waals surface area contributed by atoms with Crippen LogP contribution in [-0.2, 0) is 6.54 Å². The Morgan fingerprint density at radius 3 is 2.71 bits per heavy atom. The van der Waals surface area contributed by atoms with E-state index in [0.29, 0.717) is 25.4 Å². The molecule has 0 bridgehead atoms. The molecule has 0 atom stereocenters. The number of hydrogen-bond donors (Lipinski definition) is 2. The molecular formula is C18H28N4O2. The quantitative estimate of drug-likeness (QED) is 0.652. The minimum atomic E-state index is 0.310. The van der Waals surface area contributed by atoms with Crippen molar-refractivity contribution in [1.29, 1.82) is 0 Å². The second-order valence-corrected chi connectivity index (χ2v) is 6.66. The van der Waals surface area contributed by atoms with Gasteiger partial charge in [-0.2, -0.15) is 0 Å². The third kappa shape index (κ3) is 4.12. The van der Waals surface area contributed by atoms with Gasteiger partial charge in [-0.15, -0.1) is 0 Å². The Balaban J connectivity index is 1.47. The van der Waals surface area contributed by atoms with Crippen molar-refractivity contribution >= 4 is 5.96 Å². The predicted molar refractivity (Wildman–Crippen MR) is 95.6 cm³/mol. The summed E-state index contributed by atoms with van der Waals surface area (Å²) >= 11 is 0. The fourth-order valence-electron chi connectivity index (χ4n) is 3.18. The first-order chi connectivity index (χ1) is 11.7. The zero-order chi connectivity index (χ0) is 16.9. The number of fused-ring (bicyclic) bond motifs is 1. The van der Waals surface area contributed by atoms with Gasteiger partial charge in [-0.25, -0.2) is 0 Å². The number of piperidine rings is 1. The Morgan fingerprint density at radius 1 is 1.25 bits per heavy atom. The highest BCUT2D eigenvalue weighted by Gasteiger charge is 2.21. The Morgan fingerprint density at radius 2 is 2.00 bits per heavy atom. The average molecular weight is 332 g/mol. The highest BCUT2D eigenvalue weighted by molar-refractivity contribution is 5.80. The van der Waals surface area contributed by atoms with Crippen molar-refractivity contribution in [3.8, 4) is 11.5 Å². The summed E-state index contributed by atoms with van der Waals surface area (Å²) < 4.78 is 10.8. The summed E-state index contributed by atoms with van der Waals surface area (Å²) in [7, 11) is 1.82. The van der Waals surface area contributed by atoms with Crippen LogP contribution in [0.1, 0.15) is 32.3 Å². The molecule has 2 N–H and O–H groups in total. The van der Waals surface area contributed by atoms with Gasteiger partial charge in [0.2, 0.25) is 6.79 Å². The molecule has 6 heteroatoms. The lowest BCUT2D eigenvalue weighted by molar-refractivity contribution is 0.167. The Hall–Kier alpha value is -1.95. The van der Waals surface area contributed by atoms with E-state index in [2.05, 4.69) is 40.4 Å². The number of rotatable bonds is 4. The molecule has 3 rings (SSSR count). The molecule has 0 radical (unpaired) electrons. The topological polar surface area (TPSA) is 58.1 Å². The van der Waals surface area contributed by atoms with Crippen LogP contribution in [0.4, 0.5) is 0 Å². The van der Waals surface area contributed by atoms with Gasteiger partial charge in [-0.05, 0) is 44.4 Å². The van der Waals surface area contributed by atoms with Gasteiger partial charge >= 0.3 is 0 Å². The predicted octanol–water partition coefficient (Wildman–Crippen LogP) is 1.95. The zero-order valence-corrected chi connectivity index (χ0v) is 14.8. The maximum atomic E-state index is 5.42. The summed E-state index contributed by atoms with van der Waals surface area (Å²) in [5.41, 5.74) is 1.15. The van der Waals surface area contributed by atoms with Gasteiger partial charge in [0.25, 0.3) is 0 Å². The first-order valence-corrected chi connectivity index (χ1v) is 8.75. The van der Waals surface area contributed by atoms with Crippen LogP contribution in [0.5, 0.6) is 11.5 Å². The van der Waals surface area contributed by atoms with E-state index in [1.165, 1.54) is 0 Å². The molecule has 1 aromatic rings. The molecule has 6 nitrogen and oxygen atoms in total. The van der Waals surface area contributed by atoms with Crippen LogP contribution >= 0.6 is 0 Å². The summed E-state index contributed by atoms with van der Waals surface area (Å²) in [6.07, 6.45) is 2.31. The van der Waals surface area contributed by atoms with Crippen LogP contribution in [0.3, 0.4) is 0 Å². The lowest BCUT2D eigenvalue weighted by Crippen LogP contribution is -2.49. The summed E-state index contributed by atoms with van der Waals surface area (Å²) in [4.78, 5) is 6.88. The van der Waals surface area contributed by atoms with Gasteiger partial charge in [-0.1, -0.05) is 6.07 Å². The van der Waals surface area contributed by atoms with Gasteiger partial charge in [0.15, 0.2) is 17.5 Å². The highest BCUT2D eigenvalue weighted by Crippen LogP contribution is 2.32. The lowest BCUT2D eigenvalue weighted by Gasteiger charge is -2.35. The highest BCUT2D eigenvalue weighted by atomic mass is 16.7. The van der Waals surface area contributed by atoms with Crippen molar-refractivity contribution in [1.82, 2.24) is 15.5 Å². The molecule has 0 aliphatic carbocycles. The van der Waals surface area contributed by atoms with E-state index >= 15 is 0 Å². The van der Waals surface area contributed by atoms with Gasteiger partial charge in [0.05, 0.1) is 0 Å². The van der Waals surface area contributed by atoms with Crippen molar-refractivity contribution < 1.29 is 9.47 Å². The van der Waals surface area contributed by atoms with Crippen molar-refractivity contribution in [2.45, 2.75) is 45.3 Å². The number of benzene rings is 1. The standard InChI is InChI=1S/C18H28N4O2/c1-13(2)22-8-6-15(7-9-22)21-18(19-3)20-11-14-4-5-16-17(10-14)24-12-23-16/h4-5,10,13,15H,6-9,11-12H2,1-3H3,(H2,19,20,21). The number of aliphatic imine (C=N–C) groups is 1. The smallest absolute Gasteiger partial charge is 0.231 e. The van der Waals surface area contributed by atoms with E-state index in [9.17, 15) is 0 Å². The Bertz CT molecular complexity index is 580. The van der Waals surface area contributed by atoms with Crippen LogP contribution in [0.25, 0.3) is 0 Å². The fraction of sp³-hybridized carbons (Fsp3) is 0.611. The largest absolute Gasteiger partial charge is 0.454 e. The van der Waals surface area contributed by atoms with E-state index in [0.717, 1.165) is 49.0 Å². The number of hydrogen-bond acceptors (Lipinski definition) is 4. The monoisotopic (exact) mass is 332 g/mol. The molecule has 0 amide bonds. The molecule has 1 saturated heterocycles. The van der Waals surface area contributed by atoms with Gasteiger partial charge < -0.3 is 25.0 Å². The molecule has 0 spiro atoms. The second-order valence-electron chi connectivity index (χ2n) is 6.66. The Kier molecular flexibility index (Phi) is 5.45. The van der Waals surface area contributed by atoms with Crippen molar-refractivity contribution in [2.75, 3.05) is 26.9 Å². The fourth-order valence-corrected chi connectivity index (χ4v) is 3.18.